The van der Waals surface area contributed by atoms with Crippen LogP contribution in [0, 0.1) is 12.8 Å². The molecule has 1 aliphatic carbocycles. The van der Waals surface area contributed by atoms with E-state index in [1.165, 1.54) is 12.8 Å². The Morgan fingerprint density at radius 1 is 1.40 bits per heavy atom. The third-order valence-corrected chi connectivity index (χ3v) is 3.74. The zero-order chi connectivity index (χ0) is 14.1. The van der Waals surface area contributed by atoms with Crippen LogP contribution in [0.5, 0.6) is 5.75 Å². The minimum Gasteiger partial charge on any atom is -0.496 e. The van der Waals surface area contributed by atoms with Crippen LogP contribution in [0.3, 0.4) is 0 Å². The molecule has 0 bridgehead atoms. The molecule has 0 atom stereocenters. The average Bonchev–Trinajstić information content (AvgIpc) is 3.13. The second-order valence-corrected chi connectivity index (χ2v) is 5.43. The summed E-state index contributed by atoms with van der Waals surface area (Å²) < 4.78 is 7.27. The number of hydrogen-bond donors (Lipinski definition) is 0. The Balaban J connectivity index is 1.94. The number of aldehydes is 1. The van der Waals surface area contributed by atoms with Crippen molar-refractivity contribution in [1.82, 2.24) is 9.78 Å². The molecule has 3 rings (SSSR count). The smallest absolute Gasteiger partial charge is 0.153 e. The Morgan fingerprint density at radius 3 is 2.85 bits per heavy atom. The molecule has 1 heterocycles. The van der Waals surface area contributed by atoms with Gasteiger partial charge in [-0.15, -0.1) is 0 Å². The van der Waals surface area contributed by atoms with E-state index in [0.29, 0.717) is 11.3 Å². The standard InChI is InChI=1S/C16H18N2O2/c1-11-5-13(6-14(10-19)16(11)20-2)15-7-17-18(9-15)8-12-3-4-12/h5-7,9-10,12H,3-4,8H2,1-2H3. The minimum atomic E-state index is 0.581. The van der Waals surface area contributed by atoms with Crippen LogP contribution in [0.4, 0.5) is 0 Å². The molecule has 0 amide bonds. The van der Waals surface area contributed by atoms with E-state index in [1.807, 2.05) is 36.1 Å². The van der Waals surface area contributed by atoms with E-state index in [2.05, 4.69) is 5.10 Å². The Hall–Kier alpha value is -2.10. The Morgan fingerprint density at radius 2 is 2.20 bits per heavy atom. The Bertz CT molecular complexity index is 642. The first kappa shape index (κ1) is 12.9. The van der Waals surface area contributed by atoms with Crippen molar-refractivity contribution in [2.45, 2.75) is 26.3 Å². The van der Waals surface area contributed by atoms with E-state index >= 15 is 0 Å². The molecule has 1 aromatic carbocycles. The van der Waals surface area contributed by atoms with Crippen molar-refractivity contribution in [2.75, 3.05) is 7.11 Å². The lowest BCUT2D eigenvalue weighted by Gasteiger charge is -2.09. The van der Waals surface area contributed by atoms with Gasteiger partial charge in [0.2, 0.25) is 0 Å². The lowest BCUT2D eigenvalue weighted by atomic mass is 10.0. The second-order valence-electron chi connectivity index (χ2n) is 5.43. The summed E-state index contributed by atoms with van der Waals surface area (Å²) >= 11 is 0. The summed E-state index contributed by atoms with van der Waals surface area (Å²) in [4.78, 5) is 11.2. The Kier molecular flexibility index (Phi) is 3.30. The van der Waals surface area contributed by atoms with E-state index in [0.717, 1.165) is 35.4 Å². The van der Waals surface area contributed by atoms with Crippen LogP contribution < -0.4 is 4.74 Å². The number of nitrogens with zero attached hydrogens (tertiary/aromatic N) is 2. The fraction of sp³-hybridized carbons (Fsp3) is 0.375. The molecule has 4 heteroatoms. The number of benzene rings is 1. The number of carbonyl (C=O) groups is 1. The fourth-order valence-electron chi connectivity index (χ4n) is 2.51. The molecule has 0 N–H and O–H groups in total. The van der Waals surface area contributed by atoms with Gasteiger partial charge in [-0.05, 0) is 48.9 Å². The molecule has 1 aliphatic rings. The van der Waals surface area contributed by atoms with Gasteiger partial charge >= 0.3 is 0 Å². The lowest BCUT2D eigenvalue weighted by Crippen LogP contribution is -1.99. The first-order valence-corrected chi connectivity index (χ1v) is 6.88. The van der Waals surface area contributed by atoms with Crippen LogP contribution in [0.25, 0.3) is 11.1 Å². The summed E-state index contributed by atoms with van der Waals surface area (Å²) in [5, 5.41) is 4.40. The fourth-order valence-corrected chi connectivity index (χ4v) is 2.51. The summed E-state index contributed by atoms with van der Waals surface area (Å²) in [6.07, 6.45) is 7.37. The number of carbonyl (C=O) groups excluding carboxylic acids is 1. The predicted octanol–water partition coefficient (Wildman–Crippen LogP) is 3.09. The van der Waals surface area contributed by atoms with E-state index in [4.69, 9.17) is 4.74 Å². The van der Waals surface area contributed by atoms with E-state index < -0.39 is 0 Å². The van der Waals surface area contributed by atoms with Gasteiger partial charge in [0.1, 0.15) is 5.75 Å². The van der Waals surface area contributed by atoms with Crippen molar-refractivity contribution in [2.24, 2.45) is 5.92 Å². The molecule has 0 radical (unpaired) electrons. The maximum Gasteiger partial charge on any atom is 0.153 e. The van der Waals surface area contributed by atoms with Gasteiger partial charge in [-0.2, -0.15) is 5.10 Å². The van der Waals surface area contributed by atoms with Crippen LogP contribution in [-0.2, 0) is 6.54 Å². The SMILES string of the molecule is COc1c(C)cc(-c2cnn(CC3CC3)c2)cc1C=O. The highest BCUT2D eigenvalue weighted by Gasteiger charge is 2.22. The normalized spacial score (nSPS) is 14.3. The average molecular weight is 270 g/mol. The predicted molar refractivity (Wildman–Crippen MR) is 77.1 cm³/mol. The van der Waals surface area contributed by atoms with Crippen molar-refractivity contribution >= 4 is 6.29 Å². The number of rotatable bonds is 5. The molecular weight excluding hydrogens is 252 g/mol. The van der Waals surface area contributed by atoms with Gasteiger partial charge in [-0.25, -0.2) is 0 Å². The van der Waals surface area contributed by atoms with Gasteiger partial charge in [-0.3, -0.25) is 9.48 Å². The van der Waals surface area contributed by atoms with E-state index in [9.17, 15) is 4.79 Å². The monoisotopic (exact) mass is 270 g/mol. The van der Waals surface area contributed by atoms with Gasteiger partial charge in [0.15, 0.2) is 6.29 Å². The summed E-state index contributed by atoms with van der Waals surface area (Å²) in [7, 11) is 1.59. The molecular formula is C16H18N2O2. The second kappa shape index (κ2) is 5.12. The van der Waals surface area contributed by atoms with Crippen molar-refractivity contribution in [3.8, 4) is 16.9 Å². The van der Waals surface area contributed by atoms with Crippen LogP contribution in [0.2, 0.25) is 0 Å². The Labute approximate surface area is 118 Å². The van der Waals surface area contributed by atoms with Crippen LogP contribution >= 0.6 is 0 Å². The molecule has 20 heavy (non-hydrogen) atoms. The zero-order valence-electron chi connectivity index (χ0n) is 11.8. The van der Waals surface area contributed by atoms with Crippen LogP contribution in [0.1, 0.15) is 28.8 Å². The lowest BCUT2D eigenvalue weighted by molar-refractivity contribution is 0.112. The van der Waals surface area contributed by atoms with Crippen molar-refractivity contribution in [3.63, 3.8) is 0 Å². The van der Waals surface area contributed by atoms with Gasteiger partial charge in [-0.1, -0.05) is 0 Å². The molecule has 0 aliphatic heterocycles. The number of aromatic nitrogens is 2. The molecule has 0 saturated heterocycles. The number of ether oxygens (including phenoxy) is 1. The topological polar surface area (TPSA) is 44.1 Å². The molecule has 2 aromatic rings. The molecule has 1 saturated carbocycles. The molecule has 0 unspecified atom stereocenters. The van der Waals surface area contributed by atoms with Crippen molar-refractivity contribution in [3.05, 3.63) is 35.7 Å². The van der Waals surface area contributed by atoms with Gasteiger partial charge in [0.25, 0.3) is 0 Å². The molecule has 104 valence electrons. The van der Waals surface area contributed by atoms with Gasteiger partial charge in [0, 0.05) is 18.3 Å². The van der Waals surface area contributed by atoms with Crippen molar-refractivity contribution < 1.29 is 9.53 Å². The van der Waals surface area contributed by atoms with Crippen molar-refractivity contribution in [1.29, 1.82) is 0 Å². The highest BCUT2D eigenvalue weighted by Crippen LogP contribution is 2.32. The highest BCUT2D eigenvalue weighted by molar-refractivity contribution is 5.84. The maximum atomic E-state index is 11.2. The molecule has 4 nitrogen and oxygen atoms in total. The first-order valence-electron chi connectivity index (χ1n) is 6.88. The summed E-state index contributed by atoms with van der Waals surface area (Å²) in [5.41, 5.74) is 3.59. The summed E-state index contributed by atoms with van der Waals surface area (Å²) in [6.45, 7) is 2.94. The third-order valence-electron chi connectivity index (χ3n) is 3.74. The highest BCUT2D eigenvalue weighted by atomic mass is 16.5. The maximum absolute atomic E-state index is 11.2. The number of hydrogen-bond acceptors (Lipinski definition) is 3. The quantitative estimate of drug-likeness (QED) is 0.784. The summed E-state index contributed by atoms with van der Waals surface area (Å²) in [5.74, 6) is 1.44. The van der Waals surface area contributed by atoms with Crippen LogP contribution in [0.15, 0.2) is 24.5 Å². The van der Waals surface area contributed by atoms with E-state index in [1.54, 1.807) is 7.11 Å². The minimum absolute atomic E-state index is 0.581. The van der Waals surface area contributed by atoms with Gasteiger partial charge in [0.05, 0.1) is 18.9 Å². The first-order chi connectivity index (χ1) is 9.71. The number of methoxy groups -OCH3 is 1. The van der Waals surface area contributed by atoms with Crippen LogP contribution in [-0.4, -0.2) is 23.2 Å². The third kappa shape index (κ3) is 2.46. The van der Waals surface area contributed by atoms with E-state index in [-0.39, 0.29) is 0 Å². The number of aryl methyl sites for hydroxylation is 1. The zero-order valence-corrected chi connectivity index (χ0v) is 11.8. The molecule has 0 spiro atoms. The molecule has 1 fully saturated rings. The largest absolute Gasteiger partial charge is 0.496 e. The summed E-state index contributed by atoms with van der Waals surface area (Å²) in [6, 6.07) is 3.89. The molecule has 1 aromatic heterocycles. The van der Waals surface area contributed by atoms with Gasteiger partial charge < -0.3 is 4.74 Å².